The van der Waals surface area contributed by atoms with Crippen molar-refractivity contribution in [2.24, 2.45) is 0 Å². The number of nitrogens with zero attached hydrogens (tertiary/aromatic N) is 2. The van der Waals surface area contributed by atoms with Crippen molar-refractivity contribution in [3.63, 3.8) is 0 Å². The van der Waals surface area contributed by atoms with Gasteiger partial charge in [0.15, 0.2) is 0 Å². The largest absolute Gasteiger partial charge is 0.380 e. The average molecular weight is 237 g/mol. The van der Waals surface area contributed by atoms with Crippen LogP contribution in [0.5, 0.6) is 0 Å². The molecule has 0 amide bonds. The first-order chi connectivity index (χ1) is 8.22. The van der Waals surface area contributed by atoms with E-state index < -0.39 is 0 Å². The molecule has 4 nitrogen and oxygen atoms in total. The van der Waals surface area contributed by atoms with Crippen molar-refractivity contribution in [3.05, 3.63) is 18.0 Å². The zero-order valence-electron chi connectivity index (χ0n) is 10.9. The topological polar surface area (TPSA) is 39.1 Å². The number of aryl methyl sites for hydroxylation is 1. The quantitative estimate of drug-likeness (QED) is 0.850. The lowest BCUT2D eigenvalue weighted by molar-refractivity contribution is 0.0278. The summed E-state index contributed by atoms with van der Waals surface area (Å²) in [5.74, 6) is 0. The Kier molecular flexibility index (Phi) is 4.18. The van der Waals surface area contributed by atoms with Gasteiger partial charge in [-0.05, 0) is 26.2 Å². The Hall–Kier alpha value is -0.870. The summed E-state index contributed by atoms with van der Waals surface area (Å²) in [4.78, 5) is 0. The minimum Gasteiger partial charge on any atom is -0.380 e. The first kappa shape index (κ1) is 12.6. The van der Waals surface area contributed by atoms with Crippen molar-refractivity contribution in [3.8, 4) is 0 Å². The molecule has 17 heavy (non-hydrogen) atoms. The Bertz CT molecular complexity index is 342. The summed E-state index contributed by atoms with van der Waals surface area (Å²) in [6, 6.07) is 0. The Labute approximate surface area is 103 Å². The summed E-state index contributed by atoms with van der Waals surface area (Å²) >= 11 is 0. The second-order valence-electron chi connectivity index (χ2n) is 5.18. The molecule has 1 aliphatic rings. The molecule has 0 radical (unpaired) electrons. The molecule has 1 aromatic heterocycles. The highest BCUT2D eigenvalue weighted by Crippen LogP contribution is 2.18. The fourth-order valence-corrected chi connectivity index (χ4v) is 2.24. The summed E-state index contributed by atoms with van der Waals surface area (Å²) in [6.45, 7) is 8.01. The Morgan fingerprint density at radius 2 is 2.47 bits per heavy atom. The molecular formula is C13H23N3O. The van der Waals surface area contributed by atoms with Crippen molar-refractivity contribution < 1.29 is 4.74 Å². The van der Waals surface area contributed by atoms with Crippen molar-refractivity contribution >= 4 is 0 Å². The van der Waals surface area contributed by atoms with Gasteiger partial charge < -0.3 is 10.1 Å². The van der Waals surface area contributed by atoms with Gasteiger partial charge in [-0.1, -0.05) is 6.92 Å². The van der Waals surface area contributed by atoms with Gasteiger partial charge >= 0.3 is 0 Å². The van der Waals surface area contributed by atoms with E-state index in [9.17, 15) is 0 Å². The smallest absolute Gasteiger partial charge is 0.0645 e. The van der Waals surface area contributed by atoms with Crippen LogP contribution in [-0.4, -0.2) is 28.5 Å². The highest BCUT2D eigenvalue weighted by atomic mass is 16.5. The molecule has 96 valence electrons. The van der Waals surface area contributed by atoms with Crippen molar-refractivity contribution in [1.29, 1.82) is 0 Å². The number of rotatable bonds is 5. The SMILES string of the molecule is CCCn1cc(CNC2(C)CCCOC2)cn1. The minimum atomic E-state index is 0.130. The normalized spacial score (nSPS) is 25.1. The fraction of sp³-hybridized carbons (Fsp3) is 0.769. The number of hydrogen-bond acceptors (Lipinski definition) is 3. The molecule has 0 spiro atoms. The third-order valence-corrected chi connectivity index (χ3v) is 3.30. The lowest BCUT2D eigenvalue weighted by Gasteiger charge is -2.34. The summed E-state index contributed by atoms with van der Waals surface area (Å²) < 4.78 is 7.54. The van der Waals surface area contributed by atoms with E-state index in [0.717, 1.165) is 39.1 Å². The van der Waals surface area contributed by atoms with Crippen LogP contribution in [0, 0.1) is 0 Å². The van der Waals surface area contributed by atoms with Crippen molar-refractivity contribution in [2.45, 2.75) is 51.7 Å². The maximum Gasteiger partial charge on any atom is 0.0645 e. The second kappa shape index (κ2) is 5.65. The highest BCUT2D eigenvalue weighted by Gasteiger charge is 2.26. The molecule has 1 unspecified atom stereocenters. The predicted octanol–water partition coefficient (Wildman–Crippen LogP) is 1.95. The van der Waals surface area contributed by atoms with Crippen LogP contribution < -0.4 is 5.32 Å². The minimum absolute atomic E-state index is 0.130. The monoisotopic (exact) mass is 237 g/mol. The molecular weight excluding hydrogens is 214 g/mol. The first-order valence-corrected chi connectivity index (χ1v) is 6.56. The summed E-state index contributed by atoms with van der Waals surface area (Å²) in [5, 5.41) is 7.93. The van der Waals surface area contributed by atoms with Crippen LogP contribution in [0.3, 0.4) is 0 Å². The van der Waals surface area contributed by atoms with Gasteiger partial charge in [0.2, 0.25) is 0 Å². The lowest BCUT2D eigenvalue weighted by Crippen LogP contribution is -2.48. The van der Waals surface area contributed by atoms with Crippen LogP contribution in [0.15, 0.2) is 12.4 Å². The van der Waals surface area contributed by atoms with Gasteiger partial charge in [-0.3, -0.25) is 4.68 Å². The van der Waals surface area contributed by atoms with Crippen LogP contribution in [0.1, 0.15) is 38.7 Å². The Morgan fingerprint density at radius 1 is 1.59 bits per heavy atom. The Balaban J connectivity index is 1.83. The second-order valence-corrected chi connectivity index (χ2v) is 5.18. The van der Waals surface area contributed by atoms with E-state index in [1.54, 1.807) is 0 Å². The lowest BCUT2D eigenvalue weighted by atomic mass is 9.95. The molecule has 0 aromatic carbocycles. The molecule has 1 N–H and O–H groups in total. The molecule has 2 rings (SSSR count). The van der Waals surface area contributed by atoms with E-state index >= 15 is 0 Å². The van der Waals surface area contributed by atoms with E-state index in [4.69, 9.17) is 4.74 Å². The predicted molar refractivity (Wildman–Crippen MR) is 67.8 cm³/mol. The van der Waals surface area contributed by atoms with Crippen LogP contribution in [0.4, 0.5) is 0 Å². The number of aromatic nitrogens is 2. The van der Waals surface area contributed by atoms with Gasteiger partial charge in [0, 0.05) is 37.0 Å². The van der Waals surface area contributed by atoms with Crippen LogP contribution in [0.2, 0.25) is 0 Å². The van der Waals surface area contributed by atoms with Crippen molar-refractivity contribution in [1.82, 2.24) is 15.1 Å². The van der Waals surface area contributed by atoms with E-state index in [1.165, 1.54) is 12.0 Å². The molecule has 1 fully saturated rings. The van der Waals surface area contributed by atoms with Crippen molar-refractivity contribution in [2.75, 3.05) is 13.2 Å². The summed E-state index contributed by atoms with van der Waals surface area (Å²) in [7, 11) is 0. The molecule has 0 aliphatic carbocycles. The number of hydrogen-bond donors (Lipinski definition) is 1. The molecule has 1 saturated heterocycles. The van der Waals surface area contributed by atoms with E-state index in [-0.39, 0.29) is 5.54 Å². The number of nitrogens with one attached hydrogen (secondary N) is 1. The third kappa shape index (κ3) is 3.54. The van der Waals surface area contributed by atoms with Gasteiger partial charge in [0.25, 0.3) is 0 Å². The van der Waals surface area contributed by atoms with Gasteiger partial charge in [-0.2, -0.15) is 5.10 Å². The zero-order chi connectivity index (χ0) is 12.1. The number of ether oxygens (including phenoxy) is 1. The fourth-order valence-electron chi connectivity index (χ4n) is 2.24. The van der Waals surface area contributed by atoms with Gasteiger partial charge in [0.1, 0.15) is 0 Å². The maximum atomic E-state index is 5.53. The van der Waals surface area contributed by atoms with Gasteiger partial charge in [-0.15, -0.1) is 0 Å². The zero-order valence-corrected chi connectivity index (χ0v) is 10.9. The highest BCUT2D eigenvalue weighted by molar-refractivity contribution is 5.04. The molecule has 2 heterocycles. The molecule has 1 aliphatic heterocycles. The van der Waals surface area contributed by atoms with E-state index in [1.807, 2.05) is 10.9 Å². The molecule has 1 aromatic rings. The first-order valence-electron chi connectivity index (χ1n) is 6.56. The van der Waals surface area contributed by atoms with Crippen LogP contribution in [-0.2, 0) is 17.8 Å². The maximum absolute atomic E-state index is 5.53. The molecule has 0 bridgehead atoms. The summed E-state index contributed by atoms with van der Waals surface area (Å²) in [5.41, 5.74) is 1.38. The third-order valence-electron chi connectivity index (χ3n) is 3.30. The molecule has 4 heteroatoms. The van der Waals surface area contributed by atoms with Crippen LogP contribution in [0.25, 0.3) is 0 Å². The van der Waals surface area contributed by atoms with Gasteiger partial charge in [-0.25, -0.2) is 0 Å². The average Bonchev–Trinajstić information content (AvgIpc) is 2.76. The van der Waals surface area contributed by atoms with E-state index in [2.05, 4.69) is 30.5 Å². The molecule has 1 atom stereocenters. The van der Waals surface area contributed by atoms with E-state index in [0.29, 0.717) is 0 Å². The summed E-state index contributed by atoms with van der Waals surface area (Å²) in [6.07, 6.45) is 7.55. The van der Waals surface area contributed by atoms with Gasteiger partial charge in [0.05, 0.1) is 12.8 Å². The van der Waals surface area contributed by atoms with Crippen LogP contribution >= 0.6 is 0 Å². The standard InChI is InChI=1S/C13H23N3O/c1-3-6-16-10-12(9-15-16)8-14-13(2)5-4-7-17-11-13/h9-10,14H,3-8,11H2,1-2H3. The molecule has 0 saturated carbocycles. The Morgan fingerprint density at radius 3 is 3.18 bits per heavy atom.